The number of nitrogens with two attached hydrogens (primary N) is 1. The Bertz CT molecular complexity index is 341. The number of rotatable bonds is 5. The molecule has 1 aromatic heterocycles. The van der Waals surface area contributed by atoms with Crippen molar-refractivity contribution < 1.29 is 4.74 Å². The number of nitrogens with one attached hydrogen (secondary N) is 1. The zero-order chi connectivity index (χ0) is 11.4. The number of hydrazine groups is 1. The Balaban J connectivity index is 2.05. The van der Waals surface area contributed by atoms with Crippen LogP contribution in [-0.4, -0.2) is 17.1 Å². The van der Waals surface area contributed by atoms with Crippen molar-refractivity contribution in [3.8, 4) is 5.88 Å². The summed E-state index contributed by atoms with van der Waals surface area (Å²) in [6.45, 7) is 0. The quantitative estimate of drug-likeness (QED) is 0.578. The van der Waals surface area contributed by atoms with Crippen molar-refractivity contribution in [2.24, 2.45) is 11.8 Å². The maximum absolute atomic E-state index is 5.57. The summed E-state index contributed by atoms with van der Waals surface area (Å²) < 4.78 is 5.08. The Morgan fingerprint density at radius 2 is 2.38 bits per heavy atom. The molecular formula is C11H18N4O. The van der Waals surface area contributed by atoms with Crippen LogP contribution in [0.2, 0.25) is 0 Å². The standard InChI is InChI=1S/C11H18N4O/c1-16-11-6-9(13-7-14-11)10(15-12)5-8-3-2-4-8/h6-8,10,15H,2-5,12H2,1H3. The molecule has 1 atom stereocenters. The van der Waals surface area contributed by atoms with E-state index in [0.29, 0.717) is 5.88 Å². The lowest BCUT2D eigenvalue weighted by molar-refractivity contribution is 0.259. The minimum Gasteiger partial charge on any atom is -0.481 e. The highest BCUT2D eigenvalue weighted by atomic mass is 16.5. The summed E-state index contributed by atoms with van der Waals surface area (Å²) >= 11 is 0. The molecule has 1 aliphatic carbocycles. The van der Waals surface area contributed by atoms with E-state index in [1.165, 1.54) is 25.6 Å². The molecule has 0 saturated heterocycles. The van der Waals surface area contributed by atoms with Gasteiger partial charge in [-0.25, -0.2) is 9.97 Å². The van der Waals surface area contributed by atoms with Crippen LogP contribution >= 0.6 is 0 Å². The largest absolute Gasteiger partial charge is 0.481 e. The van der Waals surface area contributed by atoms with Crippen LogP contribution < -0.4 is 16.0 Å². The Morgan fingerprint density at radius 1 is 1.56 bits per heavy atom. The van der Waals surface area contributed by atoms with Crippen molar-refractivity contribution in [3.63, 3.8) is 0 Å². The molecule has 1 aromatic rings. The highest BCUT2D eigenvalue weighted by Crippen LogP contribution is 2.34. The van der Waals surface area contributed by atoms with E-state index < -0.39 is 0 Å². The van der Waals surface area contributed by atoms with Gasteiger partial charge in [-0.05, 0) is 12.3 Å². The lowest BCUT2D eigenvalue weighted by atomic mass is 9.80. The van der Waals surface area contributed by atoms with E-state index in [1.807, 2.05) is 6.07 Å². The minimum absolute atomic E-state index is 0.0993. The molecular weight excluding hydrogens is 204 g/mol. The molecule has 16 heavy (non-hydrogen) atoms. The summed E-state index contributed by atoms with van der Waals surface area (Å²) in [6, 6.07) is 1.94. The Labute approximate surface area is 95.4 Å². The van der Waals surface area contributed by atoms with Crippen LogP contribution in [0.25, 0.3) is 0 Å². The van der Waals surface area contributed by atoms with E-state index >= 15 is 0 Å². The zero-order valence-electron chi connectivity index (χ0n) is 9.52. The molecule has 5 heteroatoms. The maximum atomic E-state index is 5.57. The van der Waals surface area contributed by atoms with Crippen molar-refractivity contribution in [2.45, 2.75) is 31.7 Å². The summed E-state index contributed by atoms with van der Waals surface area (Å²) in [4.78, 5) is 8.22. The monoisotopic (exact) mass is 222 g/mol. The predicted octanol–water partition coefficient (Wildman–Crippen LogP) is 1.18. The molecule has 2 rings (SSSR count). The fourth-order valence-corrected chi connectivity index (χ4v) is 1.99. The molecule has 5 nitrogen and oxygen atoms in total. The van der Waals surface area contributed by atoms with E-state index in [0.717, 1.165) is 18.0 Å². The summed E-state index contributed by atoms with van der Waals surface area (Å²) in [7, 11) is 1.60. The van der Waals surface area contributed by atoms with Gasteiger partial charge in [0.15, 0.2) is 0 Å². The smallest absolute Gasteiger partial charge is 0.216 e. The normalized spacial score (nSPS) is 17.9. The summed E-state index contributed by atoms with van der Waals surface area (Å²) in [5.41, 5.74) is 3.73. The van der Waals surface area contributed by atoms with Gasteiger partial charge in [0.2, 0.25) is 5.88 Å². The number of methoxy groups -OCH3 is 1. The molecule has 1 unspecified atom stereocenters. The van der Waals surface area contributed by atoms with Gasteiger partial charge in [-0.2, -0.15) is 0 Å². The topological polar surface area (TPSA) is 73.1 Å². The number of ether oxygens (including phenoxy) is 1. The van der Waals surface area contributed by atoms with Crippen LogP contribution in [0.5, 0.6) is 5.88 Å². The number of hydrogen-bond donors (Lipinski definition) is 2. The van der Waals surface area contributed by atoms with Crippen LogP contribution in [0, 0.1) is 5.92 Å². The van der Waals surface area contributed by atoms with E-state index in [-0.39, 0.29) is 6.04 Å². The van der Waals surface area contributed by atoms with Crippen LogP contribution in [0.4, 0.5) is 0 Å². The van der Waals surface area contributed by atoms with E-state index in [4.69, 9.17) is 10.6 Å². The second-order valence-electron chi connectivity index (χ2n) is 4.24. The summed E-state index contributed by atoms with van der Waals surface area (Å²) in [5.74, 6) is 6.93. The van der Waals surface area contributed by atoms with E-state index in [9.17, 15) is 0 Å². The van der Waals surface area contributed by atoms with Crippen molar-refractivity contribution in [1.29, 1.82) is 0 Å². The Kier molecular flexibility index (Phi) is 3.69. The average molecular weight is 222 g/mol. The highest BCUT2D eigenvalue weighted by molar-refractivity contribution is 5.16. The number of hydrogen-bond acceptors (Lipinski definition) is 5. The SMILES string of the molecule is COc1cc(C(CC2CCC2)NN)ncn1. The van der Waals surface area contributed by atoms with E-state index in [1.54, 1.807) is 7.11 Å². The number of nitrogens with zero attached hydrogens (tertiary/aromatic N) is 2. The third-order valence-electron chi connectivity index (χ3n) is 3.22. The first-order chi connectivity index (χ1) is 7.83. The van der Waals surface area contributed by atoms with Crippen molar-refractivity contribution in [2.75, 3.05) is 7.11 Å². The molecule has 3 N–H and O–H groups in total. The second kappa shape index (κ2) is 5.23. The van der Waals surface area contributed by atoms with Gasteiger partial charge >= 0.3 is 0 Å². The third kappa shape index (κ3) is 2.48. The minimum atomic E-state index is 0.0993. The van der Waals surface area contributed by atoms with Gasteiger partial charge in [0.05, 0.1) is 18.8 Å². The van der Waals surface area contributed by atoms with Crippen LogP contribution in [0.3, 0.4) is 0 Å². The molecule has 1 heterocycles. The first-order valence-electron chi connectivity index (χ1n) is 5.65. The molecule has 0 aromatic carbocycles. The zero-order valence-corrected chi connectivity index (χ0v) is 9.52. The van der Waals surface area contributed by atoms with Gasteiger partial charge in [0, 0.05) is 6.07 Å². The van der Waals surface area contributed by atoms with Crippen molar-refractivity contribution >= 4 is 0 Å². The molecule has 0 aliphatic heterocycles. The fourth-order valence-electron chi connectivity index (χ4n) is 1.99. The molecule has 0 amide bonds. The second-order valence-corrected chi connectivity index (χ2v) is 4.24. The van der Waals surface area contributed by atoms with Gasteiger partial charge in [-0.3, -0.25) is 11.3 Å². The molecule has 1 fully saturated rings. The lowest BCUT2D eigenvalue weighted by Crippen LogP contribution is -2.31. The van der Waals surface area contributed by atoms with Gasteiger partial charge in [0.25, 0.3) is 0 Å². The molecule has 0 radical (unpaired) electrons. The van der Waals surface area contributed by atoms with Gasteiger partial charge in [-0.15, -0.1) is 0 Å². The predicted molar refractivity (Wildman–Crippen MR) is 60.6 cm³/mol. The van der Waals surface area contributed by atoms with Crippen molar-refractivity contribution in [3.05, 3.63) is 18.1 Å². The van der Waals surface area contributed by atoms with Crippen molar-refractivity contribution in [1.82, 2.24) is 15.4 Å². The van der Waals surface area contributed by atoms with Gasteiger partial charge in [-0.1, -0.05) is 19.3 Å². The summed E-state index contributed by atoms with van der Waals surface area (Å²) in [6.07, 6.45) is 6.51. The lowest BCUT2D eigenvalue weighted by Gasteiger charge is -2.29. The van der Waals surface area contributed by atoms with E-state index in [2.05, 4.69) is 15.4 Å². The molecule has 1 saturated carbocycles. The third-order valence-corrected chi connectivity index (χ3v) is 3.22. The van der Waals surface area contributed by atoms with Gasteiger partial charge < -0.3 is 4.74 Å². The molecule has 88 valence electrons. The Morgan fingerprint density at radius 3 is 2.94 bits per heavy atom. The average Bonchev–Trinajstić information content (AvgIpc) is 2.28. The van der Waals surface area contributed by atoms with Crippen LogP contribution in [0.15, 0.2) is 12.4 Å². The Hall–Kier alpha value is -1.20. The highest BCUT2D eigenvalue weighted by Gasteiger charge is 2.23. The first kappa shape index (κ1) is 11.3. The number of aromatic nitrogens is 2. The summed E-state index contributed by atoms with van der Waals surface area (Å²) in [5, 5.41) is 0. The molecule has 1 aliphatic rings. The molecule has 0 spiro atoms. The maximum Gasteiger partial charge on any atom is 0.216 e. The van der Waals surface area contributed by atoms with Crippen LogP contribution in [0.1, 0.15) is 37.4 Å². The fraction of sp³-hybridized carbons (Fsp3) is 0.636. The first-order valence-corrected chi connectivity index (χ1v) is 5.65. The van der Waals surface area contributed by atoms with Crippen LogP contribution in [-0.2, 0) is 0 Å². The molecule has 0 bridgehead atoms. The van der Waals surface area contributed by atoms with Gasteiger partial charge in [0.1, 0.15) is 6.33 Å².